The van der Waals surface area contributed by atoms with E-state index in [-0.39, 0.29) is 0 Å². The molecule has 0 spiro atoms. The topological polar surface area (TPSA) is 65.5 Å². The van der Waals surface area contributed by atoms with Crippen LogP contribution in [0, 0.1) is 0 Å². The summed E-state index contributed by atoms with van der Waals surface area (Å²) in [5.41, 5.74) is 0. The van der Waals surface area contributed by atoms with Crippen molar-refractivity contribution in [2.45, 2.75) is 13.3 Å². The first-order chi connectivity index (χ1) is 10.3. The van der Waals surface area contributed by atoms with Gasteiger partial charge in [-0.15, -0.1) is 11.3 Å². The van der Waals surface area contributed by atoms with Crippen molar-refractivity contribution in [3.8, 4) is 5.88 Å². The molecule has 1 N–H and O–H groups in total. The molecule has 0 aliphatic rings. The molecule has 0 amide bonds. The molecule has 21 heavy (non-hydrogen) atoms. The summed E-state index contributed by atoms with van der Waals surface area (Å²) in [4.78, 5) is 11.1. The summed E-state index contributed by atoms with van der Waals surface area (Å²) in [6, 6.07) is 2.10. The fraction of sp³-hybridized carbons (Fsp3) is 0.571. The number of aryl methyl sites for hydroxylation is 1. The molecule has 0 radical (unpaired) electrons. The van der Waals surface area contributed by atoms with Crippen LogP contribution in [0.3, 0.4) is 0 Å². The number of anilines is 1. The Labute approximate surface area is 128 Å². The molecule has 0 saturated carbocycles. The van der Waals surface area contributed by atoms with Gasteiger partial charge in [-0.05, 0) is 12.5 Å². The van der Waals surface area contributed by atoms with Crippen LogP contribution in [0.1, 0.15) is 11.8 Å². The molecule has 0 saturated heterocycles. The van der Waals surface area contributed by atoms with Crippen molar-refractivity contribution >= 4 is 27.5 Å². The average Bonchev–Trinajstić information content (AvgIpc) is 2.93. The molecule has 0 fully saturated rings. The SMILES string of the molecule is CCc1cc2c(OCCOCCOC)nc(NC)nc2s1. The van der Waals surface area contributed by atoms with Crippen LogP contribution in [0.5, 0.6) is 5.88 Å². The van der Waals surface area contributed by atoms with Gasteiger partial charge in [0.1, 0.15) is 11.4 Å². The number of hydrogen-bond acceptors (Lipinski definition) is 7. The number of hydrogen-bond donors (Lipinski definition) is 1. The zero-order chi connectivity index (χ0) is 15.1. The molecule has 7 heteroatoms. The van der Waals surface area contributed by atoms with E-state index in [0.29, 0.717) is 38.3 Å². The van der Waals surface area contributed by atoms with Gasteiger partial charge in [0.05, 0.1) is 25.2 Å². The Kier molecular flexibility index (Phi) is 6.16. The predicted octanol–water partition coefficient (Wildman–Crippen LogP) is 2.34. The monoisotopic (exact) mass is 311 g/mol. The normalized spacial score (nSPS) is 11.0. The highest BCUT2D eigenvalue weighted by atomic mass is 32.1. The van der Waals surface area contributed by atoms with Crippen molar-refractivity contribution in [2.75, 3.05) is 45.9 Å². The number of rotatable bonds is 9. The van der Waals surface area contributed by atoms with Gasteiger partial charge in [0.2, 0.25) is 11.8 Å². The zero-order valence-corrected chi connectivity index (χ0v) is 13.5. The quantitative estimate of drug-likeness (QED) is 0.717. The van der Waals surface area contributed by atoms with Crippen molar-refractivity contribution in [3.63, 3.8) is 0 Å². The number of ether oxygens (including phenoxy) is 3. The maximum Gasteiger partial charge on any atom is 0.227 e. The second-order valence-electron chi connectivity index (χ2n) is 4.34. The number of methoxy groups -OCH3 is 1. The molecule has 6 nitrogen and oxygen atoms in total. The van der Waals surface area contributed by atoms with E-state index < -0.39 is 0 Å². The summed E-state index contributed by atoms with van der Waals surface area (Å²) < 4.78 is 16.1. The largest absolute Gasteiger partial charge is 0.475 e. The molecule has 0 aliphatic heterocycles. The molecule has 0 atom stereocenters. The first-order valence-corrected chi connectivity index (χ1v) is 7.77. The highest BCUT2D eigenvalue weighted by molar-refractivity contribution is 7.18. The molecule has 0 bridgehead atoms. The summed E-state index contributed by atoms with van der Waals surface area (Å²) in [6.45, 7) is 4.25. The second kappa shape index (κ2) is 8.11. The van der Waals surface area contributed by atoms with Crippen LogP contribution in [0.25, 0.3) is 10.2 Å². The average molecular weight is 311 g/mol. The number of fused-ring (bicyclic) bond motifs is 1. The molecular weight excluding hydrogens is 290 g/mol. The number of aromatic nitrogens is 2. The third-order valence-corrected chi connectivity index (χ3v) is 4.05. The Morgan fingerprint density at radius 1 is 1.19 bits per heavy atom. The van der Waals surface area contributed by atoms with Gasteiger partial charge in [-0.1, -0.05) is 6.92 Å². The van der Waals surface area contributed by atoms with Gasteiger partial charge >= 0.3 is 0 Å². The van der Waals surface area contributed by atoms with Gasteiger partial charge in [-0.25, -0.2) is 4.98 Å². The summed E-state index contributed by atoms with van der Waals surface area (Å²) in [7, 11) is 3.45. The summed E-state index contributed by atoms with van der Waals surface area (Å²) in [5, 5.41) is 3.93. The molecule has 2 aromatic rings. The zero-order valence-electron chi connectivity index (χ0n) is 12.6. The minimum atomic E-state index is 0.455. The van der Waals surface area contributed by atoms with E-state index in [1.165, 1.54) is 4.88 Å². The third-order valence-electron chi connectivity index (χ3n) is 2.88. The molecule has 2 aromatic heterocycles. The first-order valence-electron chi connectivity index (χ1n) is 6.96. The first kappa shape index (κ1) is 15.9. The molecule has 0 unspecified atom stereocenters. The van der Waals surface area contributed by atoms with Crippen LogP contribution < -0.4 is 10.1 Å². The standard InChI is InChI=1S/C14H21N3O3S/c1-4-10-9-11-12(20-8-7-19-6-5-18-3)16-14(15-2)17-13(11)21-10/h9H,4-8H2,1-3H3,(H,15,16,17). The Hall–Kier alpha value is -1.44. The van der Waals surface area contributed by atoms with Crippen LogP contribution in [-0.2, 0) is 15.9 Å². The van der Waals surface area contributed by atoms with Crippen molar-refractivity contribution in [1.82, 2.24) is 9.97 Å². The van der Waals surface area contributed by atoms with E-state index >= 15 is 0 Å². The van der Waals surface area contributed by atoms with E-state index in [2.05, 4.69) is 28.3 Å². The third kappa shape index (κ3) is 4.26. The smallest absolute Gasteiger partial charge is 0.227 e. The Morgan fingerprint density at radius 3 is 2.71 bits per heavy atom. The van der Waals surface area contributed by atoms with E-state index in [4.69, 9.17) is 14.2 Å². The van der Waals surface area contributed by atoms with Crippen LogP contribution in [-0.4, -0.2) is 50.6 Å². The number of nitrogens with one attached hydrogen (secondary N) is 1. The van der Waals surface area contributed by atoms with Gasteiger partial charge in [-0.3, -0.25) is 0 Å². The van der Waals surface area contributed by atoms with Crippen molar-refractivity contribution in [3.05, 3.63) is 10.9 Å². The van der Waals surface area contributed by atoms with Gasteiger partial charge in [0.25, 0.3) is 0 Å². The second-order valence-corrected chi connectivity index (χ2v) is 5.46. The molecular formula is C14H21N3O3S. The summed E-state index contributed by atoms with van der Waals surface area (Å²) >= 11 is 1.67. The van der Waals surface area contributed by atoms with E-state index in [9.17, 15) is 0 Å². The molecule has 0 aliphatic carbocycles. The minimum absolute atomic E-state index is 0.455. The number of thiophene rings is 1. The predicted molar refractivity (Wildman–Crippen MR) is 84.5 cm³/mol. The molecule has 116 valence electrons. The maximum atomic E-state index is 5.75. The Morgan fingerprint density at radius 2 is 2.00 bits per heavy atom. The minimum Gasteiger partial charge on any atom is -0.475 e. The van der Waals surface area contributed by atoms with E-state index in [1.807, 2.05) is 0 Å². The van der Waals surface area contributed by atoms with E-state index in [0.717, 1.165) is 16.6 Å². The summed E-state index contributed by atoms with van der Waals surface area (Å²) in [5.74, 6) is 1.18. The maximum absolute atomic E-state index is 5.75. The highest BCUT2D eigenvalue weighted by Crippen LogP contribution is 2.31. The van der Waals surface area contributed by atoms with Crippen molar-refractivity contribution in [1.29, 1.82) is 0 Å². The van der Waals surface area contributed by atoms with Crippen LogP contribution in [0.2, 0.25) is 0 Å². The Bertz CT molecular complexity index is 574. The van der Waals surface area contributed by atoms with Crippen LogP contribution >= 0.6 is 11.3 Å². The number of nitrogens with zero attached hydrogens (tertiary/aromatic N) is 2. The van der Waals surface area contributed by atoms with Crippen LogP contribution in [0.15, 0.2) is 6.07 Å². The molecule has 2 heterocycles. The lowest BCUT2D eigenvalue weighted by molar-refractivity contribution is 0.0540. The van der Waals surface area contributed by atoms with Crippen molar-refractivity contribution in [2.24, 2.45) is 0 Å². The lowest BCUT2D eigenvalue weighted by Gasteiger charge is -2.08. The highest BCUT2D eigenvalue weighted by Gasteiger charge is 2.12. The fourth-order valence-corrected chi connectivity index (χ4v) is 2.74. The Balaban J connectivity index is 2.04. The fourth-order valence-electron chi connectivity index (χ4n) is 1.78. The van der Waals surface area contributed by atoms with Gasteiger partial charge in [0.15, 0.2) is 0 Å². The van der Waals surface area contributed by atoms with Crippen molar-refractivity contribution < 1.29 is 14.2 Å². The van der Waals surface area contributed by atoms with Crippen LogP contribution in [0.4, 0.5) is 5.95 Å². The molecule has 2 rings (SSSR count). The molecule has 0 aromatic carbocycles. The lowest BCUT2D eigenvalue weighted by Crippen LogP contribution is -2.11. The summed E-state index contributed by atoms with van der Waals surface area (Å²) in [6.07, 6.45) is 0.982. The van der Waals surface area contributed by atoms with E-state index in [1.54, 1.807) is 25.5 Å². The lowest BCUT2D eigenvalue weighted by atomic mass is 10.3. The van der Waals surface area contributed by atoms with Gasteiger partial charge in [0, 0.05) is 19.0 Å². The van der Waals surface area contributed by atoms with Gasteiger partial charge < -0.3 is 19.5 Å². The van der Waals surface area contributed by atoms with Gasteiger partial charge in [-0.2, -0.15) is 4.98 Å².